The fraction of sp³-hybridized carbons (Fsp3) is 0.500. The van der Waals surface area contributed by atoms with Gasteiger partial charge in [-0.1, -0.05) is 22.9 Å². The van der Waals surface area contributed by atoms with Crippen LogP contribution in [-0.4, -0.2) is 31.5 Å². The standard InChI is InChI=1S/C8H10ClN3O2S2/c1-5(4-16(2,13)14)11-8-12-7(9)6(3-10)15-8/h5H,4H2,1-2H3,(H,11,12). The maximum atomic E-state index is 11.0. The van der Waals surface area contributed by atoms with Crippen LogP contribution in [0.3, 0.4) is 0 Å². The maximum absolute atomic E-state index is 11.0. The van der Waals surface area contributed by atoms with Crippen LogP contribution >= 0.6 is 22.9 Å². The highest BCUT2D eigenvalue weighted by Crippen LogP contribution is 2.26. The van der Waals surface area contributed by atoms with Gasteiger partial charge in [-0.2, -0.15) is 5.26 Å². The van der Waals surface area contributed by atoms with Crippen LogP contribution in [0.25, 0.3) is 0 Å². The molecule has 0 aliphatic carbocycles. The van der Waals surface area contributed by atoms with Crippen molar-refractivity contribution >= 4 is 37.9 Å². The summed E-state index contributed by atoms with van der Waals surface area (Å²) in [7, 11) is -3.04. The van der Waals surface area contributed by atoms with Gasteiger partial charge in [-0.15, -0.1) is 0 Å². The molecule has 88 valence electrons. The minimum atomic E-state index is -3.04. The SMILES string of the molecule is CC(CS(C)(=O)=O)Nc1nc(Cl)c(C#N)s1. The van der Waals surface area contributed by atoms with Crippen molar-refractivity contribution < 1.29 is 8.42 Å². The quantitative estimate of drug-likeness (QED) is 0.903. The molecule has 0 saturated heterocycles. The van der Waals surface area contributed by atoms with Crippen molar-refractivity contribution in [1.82, 2.24) is 4.98 Å². The van der Waals surface area contributed by atoms with E-state index in [0.717, 1.165) is 11.3 Å². The van der Waals surface area contributed by atoms with E-state index < -0.39 is 9.84 Å². The summed E-state index contributed by atoms with van der Waals surface area (Å²) < 4.78 is 22.0. The molecular weight excluding hydrogens is 270 g/mol. The first kappa shape index (κ1) is 13.2. The van der Waals surface area contributed by atoms with Gasteiger partial charge in [0.15, 0.2) is 10.3 Å². The number of thiazole rings is 1. The molecule has 16 heavy (non-hydrogen) atoms. The molecule has 0 spiro atoms. The van der Waals surface area contributed by atoms with Gasteiger partial charge in [0, 0.05) is 12.3 Å². The Balaban J connectivity index is 2.71. The monoisotopic (exact) mass is 279 g/mol. The Kier molecular flexibility index (Phi) is 4.13. The number of nitrogens with zero attached hydrogens (tertiary/aromatic N) is 2. The summed E-state index contributed by atoms with van der Waals surface area (Å²) in [5.74, 6) is 0.00604. The number of anilines is 1. The second-order valence-corrected chi connectivity index (χ2v) is 6.93. The smallest absolute Gasteiger partial charge is 0.185 e. The molecule has 1 heterocycles. The molecule has 0 saturated carbocycles. The zero-order valence-electron chi connectivity index (χ0n) is 8.69. The van der Waals surface area contributed by atoms with Gasteiger partial charge >= 0.3 is 0 Å². The van der Waals surface area contributed by atoms with Crippen molar-refractivity contribution in [2.45, 2.75) is 13.0 Å². The van der Waals surface area contributed by atoms with Gasteiger partial charge in [0.25, 0.3) is 0 Å². The molecule has 0 aromatic carbocycles. The lowest BCUT2D eigenvalue weighted by Gasteiger charge is -2.10. The first-order chi connectivity index (χ1) is 7.31. The molecule has 8 heteroatoms. The van der Waals surface area contributed by atoms with Crippen LogP contribution in [0.15, 0.2) is 0 Å². The molecule has 0 aliphatic rings. The van der Waals surface area contributed by atoms with Crippen LogP contribution in [0.1, 0.15) is 11.8 Å². The number of aromatic nitrogens is 1. The highest BCUT2D eigenvalue weighted by Gasteiger charge is 2.14. The first-order valence-corrected chi connectivity index (χ1v) is 7.58. The number of sulfone groups is 1. The zero-order valence-corrected chi connectivity index (χ0v) is 11.1. The molecule has 0 radical (unpaired) electrons. The second-order valence-electron chi connectivity index (χ2n) is 3.39. The molecule has 1 aromatic rings. The third-order valence-electron chi connectivity index (χ3n) is 1.61. The van der Waals surface area contributed by atoms with Crippen molar-refractivity contribution in [2.24, 2.45) is 0 Å². The van der Waals surface area contributed by atoms with Gasteiger partial charge in [0.2, 0.25) is 0 Å². The Labute approximate surface area is 103 Å². The molecule has 0 amide bonds. The normalized spacial score (nSPS) is 13.1. The highest BCUT2D eigenvalue weighted by molar-refractivity contribution is 7.90. The molecule has 5 nitrogen and oxygen atoms in total. The largest absolute Gasteiger partial charge is 0.358 e. The van der Waals surface area contributed by atoms with Crippen LogP contribution in [0.5, 0.6) is 0 Å². The summed E-state index contributed by atoms with van der Waals surface area (Å²) in [5, 5.41) is 12.1. The zero-order chi connectivity index (χ0) is 12.3. The third kappa shape index (κ3) is 3.96. The van der Waals surface area contributed by atoms with E-state index in [0.29, 0.717) is 10.0 Å². The average molecular weight is 280 g/mol. The van der Waals surface area contributed by atoms with E-state index in [1.165, 1.54) is 6.26 Å². The lowest BCUT2D eigenvalue weighted by molar-refractivity contribution is 0.598. The predicted octanol–water partition coefficient (Wildman–Crippen LogP) is 1.51. The summed E-state index contributed by atoms with van der Waals surface area (Å²) in [5.41, 5.74) is 0. The van der Waals surface area contributed by atoms with E-state index in [-0.39, 0.29) is 16.9 Å². The molecule has 1 aromatic heterocycles. The number of rotatable bonds is 4. The molecule has 0 fully saturated rings. The molecule has 0 aliphatic heterocycles. The third-order valence-corrected chi connectivity index (χ3v) is 3.99. The van der Waals surface area contributed by atoms with E-state index in [1.807, 2.05) is 6.07 Å². The number of nitrogens with one attached hydrogen (secondary N) is 1. The Morgan fingerprint density at radius 2 is 2.31 bits per heavy atom. The Hall–Kier alpha value is -0.840. The molecule has 1 atom stereocenters. The van der Waals surface area contributed by atoms with Crippen LogP contribution in [0, 0.1) is 11.3 Å². The van der Waals surface area contributed by atoms with E-state index in [1.54, 1.807) is 6.92 Å². The predicted molar refractivity (Wildman–Crippen MR) is 64.6 cm³/mol. The number of nitriles is 1. The fourth-order valence-corrected chi connectivity index (χ4v) is 3.19. The maximum Gasteiger partial charge on any atom is 0.185 e. The van der Waals surface area contributed by atoms with Gasteiger partial charge in [-0.25, -0.2) is 13.4 Å². The van der Waals surface area contributed by atoms with E-state index >= 15 is 0 Å². The number of halogens is 1. The van der Waals surface area contributed by atoms with Gasteiger partial charge < -0.3 is 5.32 Å². The van der Waals surface area contributed by atoms with Crippen LogP contribution in [0.4, 0.5) is 5.13 Å². The van der Waals surface area contributed by atoms with E-state index in [4.69, 9.17) is 16.9 Å². The van der Waals surface area contributed by atoms with Crippen molar-refractivity contribution in [3.05, 3.63) is 10.0 Å². The molecular formula is C8H10ClN3O2S2. The highest BCUT2D eigenvalue weighted by atomic mass is 35.5. The Morgan fingerprint density at radius 1 is 1.69 bits per heavy atom. The second kappa shape index (κ2) is 4.99. The summed E-state index contributed by atoms with van der Waals surface area (Å²) in [4.78, 5) is 4.22. The summed E-state index contributed by atoms with van der Waals surface area (Å²) in [6.07, 6.45) is 1.17. The van der Waals surface area contributed by atoms with Crippen LogP contribution < -0.4 is 5.32 Å². The van der Waals surface area contributed by atoms with Crippen molar-refractivity contribution in [2.75, 3.05) is 17.3 Å². The van der Waals surface area contributed by atoms with Crippen LogP contribution in [-0.2, 0) is 9.84 Å². The first-order valence-electron chi connectivity index (χ1n) is 4.32. The van der Waals surface area contributed by atoms with E-state index in [9.17, 15) is 8.42 Å². The molecule has 1 rings (SSSR count). The minimum absolute atomic E-state index is 0.00604. The fourth-order valence-electron chi connectivity index (χ4n) is 1.14. The van der Waals surface area contributed by atoms with Crippen LogP contribution in [0.2, 0.25) is 5.15 Å². The van der Waals surface area contributed by atoms with E-state index in [2.05, 4.69) is 10.3 Å². The number of hydrogen-bond acceptors (Lipinski definition) is 6. The van der Waals surface area contributed by atoms with Gasteiger partial charge in [-0.3, -0.25) is 0 Å². The van der Waals surface area contributed by atoms with Crippen molar-refractivity contribution in [3.8, 4) is 6.07 Å². The summed E-state index contributed by atoms with van der Waals surface area (Å²) in [6, 6.07) is 1.63. The van der Waals surface area contributed by atoms with Gasteiger partial charge in [0.05, 0.1) is 5.75 Å². The molecule has 0 bridgehead atoms. The lowest BCUT2D eigenvalue weighted by atomic mass is 10.4. The van der Waals surface area contributed by atoms with Gasteiger partial charge in [-0.05, 0) is 6.92 Å². The van der Waals surface area contributed by atoms with Crippen molar-refractivity contribution in [1.29, 1.82) is 5.26 Å². The molecule has 1 unspecified atom stereocenters. The lowest BCUT2D eigenvalue weighted by Crippen LogP contribution is -2.24. The minimum Gasteiger partial charge on any atom is -0.358 e. The molecule has 1 N–H and O–H groups in total. The Bertz CT molecular complexity index is 518. The summed E-state index contributed by atoms with van der Waals surface area (Å²) in [6.45, 7) is 1.72. The van der Waals surface area contributed by atoms with Gasteiger partial charge in [0.1, 0.15) is 20.8 Å². The summed E-state index contributed by atoms with van der Waals surface area (Å²) >= 11 is 6.78. The average Bonchev–Trinajstić information content (AvgIpc) is 2.42. The van der Waals surface area contributed by atoms with Crippen molar-refractivity contribution in [3.63, 3.8) is 0 Å². The topological polar surface area (TPSA) is 82.8 Å². The Morgan fingerprint density at radius 3 is 2.75 bits per heavy atom. The number of hydrogen-bond donors (Lipinski definition) is 1.